The number of nitrogens with zero attached hydrogens (tertiary/aromatic N) is 4. The number of rotatable bonds is 10. The third-order valence-corrected chi connectivity index (χ3v) is 7.01. The summed E-state index contributed by atoms with van der Waals surface area (Å²) in [7, 11) is -4.00. The number of aliphatic hydroxyl groups is 1. The summed E-state index contributed by atoms with van der Waals surface area (Å²) in [5.74, 6) is 2.46. The number of non-ortho nitro benzene ring substituents is 1. The zero-order valence-electron chi connectivity index (χ0n) is 17.6. The van der Waals surface area contributed by atoms with Gasteiger partial charge in [-0.3, -0.25) is 15.0 Å². The minimum absolute atomic E-state index is 0.0102. The Morgan fingerprint density at radius 3 is 2.27 bits per heavy atom. The highest BCUT2D eigenvalue weighted by Gasteiger charge is 2.34. The zero-order valence-corrected chi connectivity index (χ0v) is 18.4. The average Bonchev–Trinajstić information content (AvgIpc) is 2.73. The van der Waals surface area contributed by atoms with E-state index >= 15 is 0 Å². The summed E-state index contributed by atoms with van der Waals surface area (Å²) in [5, 5.41) is 20.6. The molecule has 0 unspecified atom stereocenters. The SMILES string of the molecule is C#Cc1cc([N+](=O)[O-])cc(S(=O)(=O)N2CCN(CCO)CC2)c1N(CCC)CCC. The number of sulfonamides is 1. The highest BCUT2D eigenvalue weighted by Crippen LogP contribution is 2.36. The molecule has 1 aliphatic heterocycles. The molecule has 0 saturated carbocycles. The van der Waals surface area contributed by atoms with Gasteiger partial charge in [-0.1, -0.05) is 19.8 Å². The molecule has 1 aliphatic rings. The average molecular weight is 439 g/mol. The molecule has 1 saturated heterocycles. The summed E-state index contributed by atoms with van der Waals surface area (Å²) in [6, 6.07) is 2.40. The Morgan fingerprint density at radius 2 is 1.80 bits per heavy atom. The third kappa shape index (κ3) is 5.29. The van der Waals surface area contributed by atoms with Gasteiger partial charge in [-0.25, -0.2) is 8.42 Å². The van der Waals surface area contributed by atoms with Crippen molar-refractivity contribution in [3.05, 3.63) is 27.8 Å². The third-order valence-electron chi connectivity index (χ3n) is 5.09. The summed E-state index contributed by atoms with van der Waals surface area (Å²) in [6.07, 6.45) is 7.21. The maximum Gasteiger partial charge on any atom is 0.272 e. The summed E-state index contributed by atoms with van der Waals surface area (Å²) in [5.41, 5.74) is 0.241. The minimum atomic E-state index is -4.00. The highest BCUT2D eigenvalue weighted by atomic mass is 32.2. The fourth-order valence-corrected chi connectivity index (χ4v) is 5.36. The molecule has 2 rings (SSSR count). The molecule has 0 spiro atoms. The van der Waals surface area contributed by atoms with Gasteiger partial charge in [0.1, 0.15) is 4.90 Å². The molecule has 10 heteroatoms. The molecule has 9 nitrogen and oxygen atoms in total. The molecular weight excluding hydrogens is 408 g/mol. The predicted molar refractivity (Wildman–Crippen MR) is 116 cm³/mol. The van der Waals surface area contributed by atoms with Gasteiger partial charge in [0.15, 0.2) is 0 Å². The van der Waals surface area contributed by atoms with Crippen molar-refractivity contribution in [2.24, 2.45) is 0 Å². The van der Waals surface area contributed by atoms with Gasteiger partial charge >= 0.3 is 0 Å². The molecule has 1 fully saturated rings. The number of nitro groups is 1. The van der Waals surface area contributed by atoms with Crippen LogP contribution in [0.5, 0.6) is 0 Å². The maximum atomic E-state index is 13.6. The van der Waals surface area contributed by atoms with E-state index in [1.54, 1.807) is 0 Å². The first-order chi connectivity index (χ1) is 14.3. The fourth-order valence-electron chi connectivity index (χ4n) is 3.68. The van der Waals surface area contributed by atoms with Crippen LogP contribution in [0.25, 0.3) is 0 Å². The number of piperazine rings is 1. The predicted octanol–water partition coefficient (Wildman–Crippen LogP) is 1.50. The molecule has 1 heterocycles. The van der Waals surface area contributed by atoms with Crippen molar-refractivity contribution in [3.63, 3.8) is 0 Å². The second-order valence-corrected chi connectivity index (χ2v) is 9.10. The van der Waals surface area contributed by atoms with Crippen LogP contribution in [0.1, 0.15) is 32.3 Å². The number of aliphatic hydroxyl groups excluding tert-OH is 1. The first-order valence-electron chi connectivity index (χ1n) is 10.2. The summed E-state index contributed by atoms with van der Waals surface area (Å²) in [4.78, 5) is 14.6. The first kappa shape index (κ1) is 24.1. The molecule has 1 aromatic rings. The Hall–Kier alpha value is -2.19. The lowest BCUT2D eigenvalue weighted by Gasteiger charge is -2.35. The van der Waals surface area contributed by atoms with Gasteiger partial charge in [-0.05, 0) is 12.8 Å². The van der Waals surface area contributed by atoms with Crippen molar-refractivity contribution >= 4 is 21.4 Å². The van der Waals surface area contributed by atoms with E-state index in [-0.39, 0.29) is 35.8 Å². The molecule has 1 aromatic carbocycles. The molecule has 0 aromatic heterocycles. The second kappa shape index (κ2) is 10.7. The summed E-state index contributed by atoms with van der Waals surface area (Å²) < 4.78 is 28.5. The van der Waals surface area contributed by atoms with Crippen LogP contribution >= 0.6 is 0 Å². The second-order valence-electron chi connectivity index (χ2n) is 7.20. The van der Waals surface area contributed by atoms with E-state index in [1.165, 1.54) is 10.4 Å². The summed E-state index contributed by atoms with van der Waals surface area (Å²) >= 11 is 0. The molecule has 0 atom stereocenters. The van der Waals surface area contributed by atoms with Gasteiger partial charge in [0.25, 0.3) is 5.69 Å². The number of hydrogen-bond donors (Lipinski definition) is 1. The quantitative estimate of drug-likeness (QED) is 0.335. The Bertz CT molecular complexity index is 883. The Balaban J connectivity index is 2.59. The van der Waals surface area contributed by atoms with Crippen molar-refractivity contribution in [1.29, 1.82) is 0 Å². The van der Waals surface area contributed by atoms with Crippen LogP contribution in [0.2, 0.25) is 0 Å². The van der Waals surface area contributed by atoms with Crippen LogP contribution in [-0.4, -0.2) is 80.1 Å². The Labute approximate surface area is 178 Å². The van der Waals surface area contributed by atoms with Gasteiger partial charge in [0.05, 0.1) is 22.8 Å². The standard InChI is InChI=1S/C20H30N4O5S/c1-4-7-22(8-5-2)20-17(6-3)15-18(24(26)27)16-19(20)30(28,29)23-11-9-21(10-12-23)13-14-25/h3,15-16,25H,4-5,7-14H2,1-2H3. The van der Waals surface area contributed by atoms with E-state index in [4.69, 9.17) is 11.5 Å². The van der Waals surface area contributed by atoms with Gasteiger partial charge in [-0.2, -0.15) is 4.31 Å². The van der Waals surface area contributed by atoms with E-state index in [0.29, 0.717) is 38.4 Å². The van der Waals surface area contributed by atoms with E-state index in [9.17, 15) is 18.5 Å². The van der Waals surface area contributed by atoms with Crippen molar-refractivity contribution in [2.45, 2.75) is 31.6 Å². The molecule has 0 bridgehead atoms. The van der Waals surface area contributed by atoms with Crippen LogP contribution in [0.15, 0.2) is 17.0 Å². The number of β-amino-alcohol motifs (C(OH)–C–C–N with tert-alkyl or cyclic N) is 1. The fraction of sp³-hybridized carbons (Fsp3) is 0.600. The molecule has 30 heavy (non-hydrogen) atoms. The minimum Gasteiger partial charge on any atom is -0.395 e. The van der Waals surface area contributed by atoms with E-state index in [0.717, 1.165) is 18.9 Å². The van der Waals surface area contributed by atoms with E-state index in [1.807, 2.05) is 23.6 Å². The number of terminal acetylenes is 1. The number of anilines is 1. The number of hydrogen-bond acceptors (Lipinski definition) is 7. The molecule has 0 radical (unpaired) electrons. The van der Waals surface area contributed by atoms with Crippen LogP contribution in [0.4, 0.5) is 11.4 Å². The van der Waals surface area contributed by atoms with Crippen LogP contribution < -0.4 is 4.90 Å². The van der Waals surface area contributed by atoms with Crippen molar-refractivity contribution in [3.8, 4) is 12.3 Å². The molecule has 0 amide bonds. The zero-order chi connectivity index (χ0) is 22.3. The smallest absolute Gasteiger partial charge is 0.272 e. The lowest BCUT2D eigenvalue weighted by Crippen LogP contribution is -2.49. The van der Waals surface area contributed by atoms with Crippen LogP contribution in [-0.2, 0) is 10.0 Å². The summed E-state index contributed by atoms with van der Waals surface area (Å²) in [6.45, 7) is 7.11. The molecule has 166 valence electrons. The molecule has 1 N–H and O–H groups in total. The van der Waals surface area contributed by atoms with Crippen molar-refractivity contribution in [2.75, 3.05) is 57.3 Å². The van der Waals surface area contributed by atoms with Gasteiger partial charge in [-0.15, -0.1) is 6.42 Å². The largest absolute Gasteiger partial charge is 0.395 e. The topological polar surface area (TPSA) is 107 Å². The lowest BCUT2D eigenvalue weighted by molar-refractivity contribution is -0.385. The maximum absolute atomic E-state index is 13.6. The number of nitro benzene ring substituents is 1. The van der Waals surface area contributed by atoms with E-state index < -0.39 is 14.9 Å². The Morgan fingerprint density at radius 1 is 1.20 bits per heavy atom. The lowest BCUT2D eigenvalue weighted by atomic mass is 10.1. The normalized spacial score (nSPS) is 15.7. The van der Waals surface area contributed by atoms with Gasteiger partial charge < -0.3 is 10.0 Å². The number of benzene rings is 1. The first-order valence-corrected chi connectivity index (χ1v) is 11.6. The van der Waals surface area contributed by atoms with Gasteiger partial charge in [0.2, 0.25) is 10.0 Å². The van der Waals surface area contributed by atoms with Gasteiger partial charge in [0, 0.05) is 57.9 Å². The molecule has 0 aliphatic carbocycles. The molecular formula is C20H30N4O5S. The Kier molecular flexibility index (Phi) is 8.61. The van der Waals surface area contributed by atoms with Crippen LogP contribution in [0, 0.1) is 22.5 Å². The van der Waals surface area contributed by atoms with Crippen molar-refractivity contribution in [1.82, 2.24) is 9.21 Å². The highest BCUT2D eigenvalue weighted by molar-refractivity contribution is 7.89. The van der Waals surface area contributed by atoms with Crippen molar-refractivity contribution < 1.29 is 18.4 Å². The van der Waals surface area contributed by atoms with Crippen LogP contribution in [0.3, 0.4) is 0 Å². The van der Waals surface area contributed by atoms with E-state index in [2.05, 4.69) is 5.92 Å². The monoisotopic (exact) mass is 438 g/mol.